The molecule has 2 aromatic carbocycles. The number of hydrogen-bond donors (Lipinski definition) is 1. The van der Waals surface area contributed by atoms with E-state index in [1.807, 2.05) is 18.2 Å². The van der Waals surface area contributed by atoms with E-state index in [0.29, 0.717) is 5.69 Å². The van der Waals surface area contributed by atoms with Gasteiger partial charge in [0.25, 0.3) is 0 Å². The maximum atomic E-state index is 13.4. The van der Waals surface area contributed by atoms with Gasteiger partial charge in [0.05, 0.1) is 16.1 Å². The molecular weight excluding hydrogens is 327 g/mol. The lowest BCUT2D eigenvalue weighted by Gasteiger charge is -2.33. The maximum absolute atomic E-state index is 13.4. The van der Waals surface area contributed by atoms with Crippen molar-refractivity contribution in [2.45, 2.75) is 19.4 Å². The number of nitrogens with zero attached hydrogens (tertiary/aromatic N) is 1. The predicted molar refractivity (Wildman–Crippen MR) is 95.9 cm³/mol. The van der Waals surface area contributed by atoms with E-state index in [1.165, 1.54) is 22.6 Å². The molecule has 0 bridgehead atoms. The van der Waals surface area contributed by atoms with Crippen LogP contribution in [0.15, 0.2) is 53.5 Å². The van der Waals surface area contributed by atoms with Gasteiger partial charge in [-0.3, -0.25) is 0 Å². The number of benzene rings is 2. The first-order chi connectivity index (χ1) is 11.0. The highest BCUT2D eigenvalue weighted by atomic mass is 32.9. The van der Waals surface area contributed by atoms with Crippen LogP contribution in [0, 0.1) is 5.82 Å². The number of nitrogens with one attached hydrogen (secondary N) is 1. The summed E-state index contributed by atoms with van der Waals surface area (Å²) in [5, 5.41) is 3.59. The minimum Gasteiger partial charge on any atom is -0.375 e. The van der Waals surface area contributed by atoms with Gasteiger partial charge in [-0.15, -0.1) is 0 Å². The molecule has 0 unspecified atom stereocenters. The quantitative estimate of drug-likeness (QED) is 0.580. The van der Waals surface area contributed by atoms with Crippen LogP contribution in [0.5, 0.6) is 0 Å². The van der Waals surface area contributed by atoms with Crippen LogP contribution >= 0.6 is 20.7 Å². The summed E-state index contributed by atoms with van der Waals surface area (Å²) in [5.74, 6) is -0.261. The van der Waals surface area contributed by atoms with Crippen molar-refractivity contribution < 1.29 is 4.39 Å². The molecule has 2 nitrogen and oxygen atoms in total. The van der Waals surface area contributed by atoms with Gasteiger partial charge in [-0.25, -0.2) is 9.38 Å². The fraction of sp³-hybridized carbons (Fsp3) is 0.167. The zero-order chi connectivity index (χ0) is 16.0. The molecule has 1 aromatic heterocycles. The van der Waals surface area contributed by atoms with Crippen LogP contribution in [0.4, 0.5) is 15.8 Å². The number of fused-ring (bicyclic) bond motifs is 3. The zero-order valence-electron chi connectivity index (χ0n) is 12.8. The van der Waals surface area contributed by atoms with Gasteiger partial charge in [0.15, 0.2) is 0 Å². The molecule has 1 N–H and O–H groups in total. The largest absolute Gasteiger partial charge is 0.375 e. The summed E-state index contributed by atoms with van der Waals surface area (Å²) < 4.78 is 14.4. The molecule has 116 valence electrons. The van der Waals surface area contributed by atoms with E-state index in [0.717, 1.165) is 15.9 Å². The smallest absolute Gasteiger partial charge is 0.135 e. The maximum Gasteiger partial charge on any atom is 0.135 e. The van der Waals surface area contributed by atoms with Gasteiger partial charge in [0.1, 0.15) is 10.5 Å². The molecule has 3 aromatic rings. The highest BCUT2D eigenvalue weighted by Gasteiger charge is 2.33. The lowest BCUT2D eigenvalue weighted by Crippen LogP contribution is -2.31. The molecule has 0 fully saturated rings. The van der Waals surface area contributed by atoms with Crippen molar-refractivity contribution in [3.63, 3.8) is 0 Å². The van der Waals surface area contributed by atoms with Gasteiger partial charge in [-0.2, -0.15) is 0 Å². The van der Waals surface area contributed by atoms with Gasteiger partial charge in [-0.05, 0) is 38.1 Å². The van der Waals surface area contributed by atoms with Gasteiger partial charge >= 0.3 is 0 Å². The van der Waals surface area contributed by atoms with Crippen molar-refractivity contribution in [2.24, 2.45) is 4.99 Å². The standard InChI is InChI=1S/C18H15FN2S2/c1-18(2)16-15(13-8-3-4-9-14(13)21-18)17(23-22-16)20-12-7-5-6-11(19)10-12/h3-10,21H,1-2H3. The Kier molecular flexibility index (Phi) is 3.36. The van der Waals surface area contributed by atoms with E-state index in [4.69, 9.17) is 4.99 Å². The third-order valence-corrected chi connectivity index (χ3v) is 6.54. The zero-order valence-corrected chi connectivity index (χ0v) is 14.4. The average Bonchev–Trinajstić information content (AvgIpc) is 2.92. The molecule has 0 amide bonds. The van der Waals surface area contributed by atoms with Gasteiger partial charge < -0.3 is 5.32 Å². The summed E-state index contributed by atoms with van der Waals surface area (Å²) in [6.45, 7) is 4.36. The molecule has 1 aliphatic heterocycles. The topological polar surface area (TPSA) is 24.4 Å². The molecule has 4 rings (SSSR count). The van der Waals surface area contributed by atoms with E-state index in [2.05, 4.69) is 31.3 Å². The van der Waals surface area contributed by atoms with Gasteiger partial charge in [0.2, 0.25) is 0 Å². The summed E-state index contributed by atoms with van der Waals surface area (Å²) in [4.78, 5) is 5.98. The predicted octanol–water partition coefficient (Wildman–Crippen LogP) is 5.51. The fourth-order valence-corrected chi connectivity index (χ4v) is 5.79. The normalized spacial score (nSPS) is 15.7. The van der Waals surface area contributed by atoms with Crippen molar-refractivity contribution in [3.05, 3.63) is 63.9 Å². The van der Waals surface area contributed by atoms with Crippen LogP contribution in [-0.4, -0.2) is 0 Å². The molecule has 0 saturated heterocycles. The number of anilines is 1. The molecule has 0 radical (unpaired) electrons. The van der Waals surface area contributed by atoms with Crippen LogP contribution in [0.1, 0.15) is 18.7 Å². The Morgan fingerprint density at radius 2 is 1.87 bits per heavy atom. The molecular formula is C18H15FN2S2. The fourth-order valence-electron chi connectivity index (χ4n) is 2.86. The number of hydrogen-bond acceptors (Lipinski definition) is 4. The Hall–Kier alpha value is -1.98. The van der Waals surface area contributed by atoms with Crippen LogP contribution in [-0.2, 0) is 5.54 Å². The Labute approximate surface area is 141 Å². The van der Waals surface area contributed by atoms with Crippen LogP contribution < -0.4 is 9.99 Å². The first-order valence-electron chi connectivity index (χ1n) is 7.36. The Bertz CT molecular complexity index is 953. The van der Waals surface area contributed by atoms with E-state index < -0.39 is 0 Å². The van der Waals surface area contributed by atoms with E-state index >= 15 is 0 Å². The first-order valence-corrected chi connectivity index (χ1v) is 9.51. The molecule has 0 atom stereocenters. The van der Waals surface area contributed by atoms with E-state index in [1.54, 1.807) is 26.7 Å². The molecule has 0 saturated carbocycles. The van der Waals surface area contributed by atoms with Crippen molar-refractivity contribution >= 4 is 32.1 Å². The van der Waals surface area contributed by atoms with Crippen LogP contribution in [0.3, 0.4) is 0 Å². The second kappa shape index (κ2) is 5.28. The lowest BCUT2D eigenvalue weighted by molar-refractivity contribution is 0.619. The number of rotatable bonds is 1. The molecule has 5 heteroatoms. The van der Waals surface area contributed by atoms with Crippen molar-refractivity contribution in [2.75, 3.05) is 5.32 Å². The third-order valence-electron chi connectivity index (χ3n) is 3.89. The van der Waals surface area contributed by atoms with Crippen molar-refractivity contribution in [1.82, 2.24) is 0 Å². The summed E-state index contributed by atoms with van der Waals surface area (Å²) in [6.07, 6.45) is 0. The van der Waals surface area contributed by atoms with Crippen LogP contribution in [0.25, 0.3) is 11.1 Å². The van der Waals surface area contributed by atoms with Crippen molar-refractivity contribution in [3.8, 4) is 11.1 Å². The summed E-state index contributed by atoms with van der Waals surface area (Å²) >= 11 is 0. The number of para-hydroxylation sites is 1. The van der Waals surface area contributed by atoms with Gasteiger partial charge in [0, 0.05) is 16.8 Å². The Balaban J connectivity index is 1.99. The van der Waals surface area contributed by atoms with Crippen LogP contribution in [0.2, 0.25) is 0 Å². The van der Waals surface area contributed by atoms with Gasteiger partial charge in [-0.1, -0.05) is 44.9 Å². The second-order valence-electron chi connectivity index (χ2n) is 6.06. The Morgan fingerprint density at radius 3 is 2.70 bits per heavy atom. The molecule has 0 aliphatic carbocycles. The summed E-state index contributed by atoms with van der Waals surface area (Å²) in [5.41, 5.74) is 3.96. The first kappa shape index (κ1) is 14.6. The molecule has 1 aliphatic rings. The highest BCUT2D eigenvalue weighted by molar-refractivity contribution is 7.68. The number of halogens is 1. The molecule has 23 heavy (non-hydrogen) atoms. The minimum atomic E-state index is -0.261. The lowest BCUT2D eigenvalue weighted by atomic mass is 9.90. The van der Waals surface area contributed by atoms with E-state index in [9.17, 15) is 4.39 Å². The average molecular weight is 342 g/mol. The monoisotopic (exact) mass is 342 g/mol. The summed E-state index contributed by atoms with van der Waals surface area (Å²) in [7, 11) is 3.38. The van der Waals surface area contributed by atoms with Crippen molar-refractivity contribution in [1.29, 1.82) is 0 Å². The molecule has 0 spiro atoms. The Morgan fingerprint density at radius 1 is 1.04 bits per heavy atom. The SMILES string of the molecule is CC1(C)Nc2ccccc2-c2c1ssc2=Nc1cccc(F)c1. The molecule has 2 heterocycles. The van der Waals surface area contributed by atoms with E-state index in [-0.39, 0.29) is 11.4 Å². The summed E-state index contributed by atoms with van der Waals surface area (Å²) in [6, 6.07) is 14.7. The third kappa shape index (κ3) is 2.50. The minimum absolute atomic E-state index is 0.138. The highest BCUT2D eigenvalue weighted by Crippen LogP contribution is 2.45. The second-order valence-corrected chi connectivity index (χ2v) is 8.19.